The Balaban J connectivity index is 1.55. The Morgan fingerprint density at radius 3 is 2.59 bits per heavy atom. The van der Waals surface area contributed by atoms with Gasteiger partial charge in [-0.15, -0.1) is 0 Å². The van der Waals surface area contributed by atoms with Gasteiger partial charge in [-0.05, 0) is 78.6 Å². The number of fused-ring (bicyclic) bond motifs is 8. The third-order valence-corrected chi connectivity index (χ3v) is 13.1. The molecule has 1 aliphatic heterocycles. The number of halogens is 2. The van der Waals surface area contributed by atoms with Gasteiger partial charge in [0.05, 0.1) is 44.8 Å². The minimum Gasteiger partial charge on any atom is -0.393 e. The lowest BCUT2D eigenvalue weighted by Gasteiger charge is -2.31. The van der Waals surface area contributed by atoms with Crippen LogP contribution in [0.4, 0.5) is 8.78 Å². The first kappa shape index (κ1) is 35.1. The quantitative estimate of drug-likeness (QED) is 0.212. The predicted octanol–water partition coefficient (Wildman–Crippen LogP) is 5.91. The van der Waals surface area contributed by atoms with Gasteiger partial charge < -0.3 is 15.2 Å². The normalized spacial score (nSPS) is 21.8. The van der Waals surface area contributed by atoms with E-state index in [0.717, 1.165) is 11.6 Å². The van der Waals surface area contributed by atoms with Crippen LogP contribution in [0, 0.1) is 17.0 Å². The van der Waals surface area contributed by atoms with E-state index in [1.165, 1.54) is 22.9 Å². The van der Waals surface area contributed by atoms with Gasteiger partial charge in [0, 0.05) is 29.0 Å². The standard InChI is InChI=1S/C36H40F2N4O5S2/c1-35(2)13-6-14-36(3,23-8-5-7-22(17-23)31(44)20-43)34-40-33(42(4)41-34)27-18-24(9-10-28(27)37)48(45)32-26(12-16-49(46,47)21-35)25-11-15-39-30(25)19-29(32)38/h5,7-11,15,17-19,31,39,43-44H,6,12-14,16,20-21H2,1-4H3/t31-,36+,48?/m0/s1. The van der Waals surface area contributed by atoms with Crippen LogP contribution in [0.25, 0.3) is 22.3 Å². The van der Waals surface area contributed by atoms with Crippen LogP contribution in [0.5, 0.6) is 0 Å². The summed E-state index contributed by atoms with van der Waals surface area (Å²) >= 11 is 0. The molecule has 13 heteroatoms. The van der Waals surface area contributed by atoms with Crippen molar-refractivity contribution in [1.29, 1.82) is 0 Å². The zero-order valence-electron chi connectivity index (χ0n) is 27.8. The number of nitrogens with zero attached hydrogens (tertiary/aromatic N) is 3. The summed E-state index contributed by atoms with van der Waals surface area (Å²) in [6.45, 7) is 5.29. The average Bonchev–Trinajstić information content (AvgIpc) is 3.68. The maximum atomic E-state index is 15.8. The zero-order valence-corrected chi connectivity index (χ0v) is 29.5. The first-order chi connectivity index (χ1) is 23.1. The largest absolute Gasteiger partial charge is 0.393 e. The highest BCUT2D eigenvalue weighted by molar-refractivity contribution is 7.91. The molecule has 3 aromatic carbocycles. The van der Waals surface area contributed by atoms with Crippen molar-refractivity contribution in [1.82, 2.24) is 19.7 Å². The number of nitrogens with one attached hydrogen (secondary N) is 1. The molecule has 0 amide bonds. The van der Waals surface area contributed by atoms with Gasteiger partial charge in [-0.25, -0.2) is 31.1 Å². The monoisotopic (exact) mass is 710 g/mol. The van der Waals surface area contributed by atoms with E-state index < -0.39 is 55.8 Å². The predicted molar refractivity (Wildman–Crippen MR) is 184 cm³/mol. The number of aliphatic hydroxyl groups excluding tert-OH is 2. The third-order valence-electron chi connectivity index (χ3n) is 9.59. The highest BCUT2D eigenvalue weighted by atomic mass is 32.2. The summed E-state index contributed by atoms with van der Waals surface area (Å²) in [5.74, 6) is -1.22. The lowest BCUT2D eigenvalue weighted by atomic mass is 9.75. The number of aliphatic hydroxyl groups is 2. The van der Waals surface area contributed by atoms with Crippen LogP contribution in [-0.4, -0.2) is 60.7 Å². The van der Waals surface area contributed by atoms with Crippen LogP contribution in [0.1, 0.15) is 68.7 Å². The zero-order chi connectivity index (χ0) is 35.3. The molecule has 3 N–H and O–H groups in total. The number of rotatable bonds is 3. The molecule has 6 rings (SSSR count). The van der Waals surface area contributed by atoms with E-state index in [1.54, 1.807) is 37.5 Å². The molecule has 0 saturated heterocycles. The molecule has 1 aliphatic rings. The van der Waals surface area contributed by atoms with Crippen LogP contribution in [-0.2, 0) is 39.5 Å². The summed E-state index contributed by atoms with van der Waals surface area (Å²) in [7, 11) is -4.17. The minimum atomic E-state index is -3.65. The Labute approximate surface area is 286 Å². The Morgan fingerprint density at radius 1 is 1.06 bits per heavy atom. The van der Waals surface area contributed by atoms with Crippen molar-refractivity contribution in [2.75, 3.05) is 18.1 Å². The number of aromatic nitrogens is 4. The van der Waals surface area contributed by atoms with Gasteiger partial charge in [0.15, 0.2) is 21.5 Å². The van der Waals surface area contributed by atoms with E-state index in [1.807, 2.05) is 26.8 Å². The topological polar surface area (TPSA) is 138 Å². The van der Waals surface area contributed by atoms with Gasteiger partial charge >= 0.3 is 0 Å². The molecule has 0 radical (unpaired) electrons. The second-order valence-electron chi connectivity index (χ2n) is 13.9. The number of hydrogen-bond acceptors (Lipinski definition) is 7. The van der Waals surface area contributed by atoms with E-state index in [4.69, 9.17) is 10.1 Å². The smallest absolute Gasteiger partial charge is 0.161 e. The van der Waals surface area contributed by atoms with Crippen molar-refractivity contribution < 1.29 is 31.6 Å². The third kappa shape index (κ3) is 6.86. The lowest BCUT2D eigenvalue weighted by Crippen LogP contribution is -2.29. The summed E-state index contributed by atoms with van der Waals surface area (Å²) < 4.78 is 74.3. The summed E-state index contributed by atoms with van der Waals surface area (Å²) in [5.41, 5.74) is 0.575. The summed E-state index contributed by atoms with van der Waals surface area (Å²) in [6.07, 6.45) is 2.08. The molecule has 4 bridgehead atoms. The number of hydrogen-bond donors (Lipinski definition) is 3. The average molecular weight is 711 g/mol. The molecule has 3 heterocycles. The molecule has 9 nitrogen and oxygen atoms in total. The lowest BCUT2D eigenvalue weighted by molar-refractivity contribution is 0.0955. The first-order valence-electron chi connectivity index (χ1n) is 16.1. The number of benzene rings is 3. The molecule has 2 aromatic heterocycles. The molecular formula is C36H40F2N4O5S2. The van der Waals surface area contributed by atoms with Crippen LogP contribution in [0.15, 0.2) is 70.6 Å². The molecule has 0 fully saturated rings. The molecule has 3 atom stereocenters. The van der Waals surface area contributed by atoms with Crippen LogP contribution in [0.3, 0.4) is 0 Å². The maximum Gasteiger partial charge on any atom is 0.161 e. The SMILES string of the molecule is Cn1nc2nc1-c1cc(ccc1F)S(=O)c1c(F)cc3[nH]ccc3c1CCS(=O)(=O)CC(C)(C)CCC[C@]2(C)c1cccc([C@@H](O)CO)c1. The Bertz CT molecular complexity index is 2180. The Hall–Kier alpha value is -3.78. The van der Waals surface area contributed by atoms with Crippen LogP contribution in [0.2, 0.25) is 0 Å². The highest BCUT2D eigenvalue weighted by Crippen LogP contribution is 2.40. The van der Waals surface area contributed by atoms with Gasteiger partial charge in [-0.3, -0.25) is 0 Å². The fourth-order valence-corrected chi connectivity index (χ4v) is 10.2. The van der Waals surface area contributed by atoms with Crippen molar-refractivity contribution >= 4 is 31.5 Å². The molecule has 5 aromatic rings. The van der Waals surface area contributed by atoms with Crippen LogP contribution >= 0.6 is 0 Å². The maximum absolute atomic E-state index is 15.8. The number of aromatic amines is 1. The van der Waals surface area contributed by atoms with E-state index in [0.29, 0.717) is 47.1 Å². The van der Waals surface area contributed by atoms with E-state index in [9.17, 15) is 22.8 Å². The molecule has 0 saturated carbocycles. The van der Waals surface area contributed by atoms with Crippen molar-refractivity contribution in [3.05, 3.63) is 94.9 Å². The Morgan fingerprint density at radius 2 is 1.84 bits per heavy atom. The summed E-state index contributed by atoms with van der Waals surface area (Å²) in [4.78, 5) is 7.78. The van der Waals surface area contributed by atoms with E-state index >= 15 is 8.78 Å². The van der Waals surface area contributed by atoms with Crippen molar-refractivity contribution in [3.63, 3.8) is 0 Å². The molecular weight excluding hydrogens is 671 g/mol. The molecule has 0 aliphatic carbocycles. The number of aryl methyl sites for hydroxylation is 2. The second-order valence-corrected chi connectivity index (χ2v) is 17.5. The van der Waals surface area contributed by atoms with Gasteiger partial charge in [0.1, 0.15) is 17.7 Å². The first-order valence-corrected chi connectivity index (χ1v) is 19.1. The van der Waals surface area contributed by atoms with Crippen molar-refractivity contribution in [2.45, 2.75) is 67.8 Å². The van der Waals surface area contributed by atoms with Gasteiger partial charge in [-0.2, -0.15) is 5.10 Å². The Kier molecular flexibility index (Phi) is 9.42. The van der Waals surface area contributed by atoms with E-state index in [-0.39, 0.29) is 39.1 Å². The van der Waals surface area contributed by atoms with Crippen molar-refractivity contribution in [2.24, 2.45) is 12.5 Å². The highest BCUT2D eigenvalue weighted by Gasteiger charge is 2.36. The molecule has 49 heavy (non-hydrogen) atoms. The van der Waals surface area contributed by atoms with Gasteiger partial charge in [0.2, 0.25) is 0 Å². The fraction of sp³-hybridized carbons (Fsp3) is 0.389. The second kappa shape index (κ2) is 13.2. The summed E-state index contributed by atoms with van der Waals surface area (Å²) in [6, 6.07) is 14.0. The summed E-state index contributed by atoms with van der Waals surface area (Å²) in [5, 5.41) is 25.3. The number of H-pyrrole nitrogens is 1. The molecule has 260 valence electrons. The fourth-order valence-electron chi connectivity index (χ4n) is 6.93. The molecule has 1 unspecified atom stereocenters. The minimum absolute atomic E-state index is 0.0217. The van der Waals surface area contributed by atoms with E-state index in [2.05, 4.69) is 4.98 Å². The number of sulfone groups is 1. The molecule has 0 spiro atoms. The van der Waals surface area contributed by atoms with Gasteiger partial charge in [0.25, 0.3) is 0 Å². The van der Waals surface area contributed by atoms with Gasteiger partial charge in [-0.1, -0.05) is 44.5 Å². The van der Waals surface area contributed by atoms with Crippen molar-refractivity contribution in [3.8, 4) is 11.4 Å². The van der Waals surface area contributed by atoms with Crippen LogP contribution < -0.4 is 0 Å².